The van der Waals surface area contributed by atoms with Crippen molar-refractivity contribution in [2.75, 3.05) is 0 Å². The lowest BCUT2D eigenvalue weighted by atomic mass is 9.80. The molecule has 2 rings (SSSR count). The lowest BCUT2D eigenvalue weighted by Crippen LogP contribution is -2.44. The van der Waals surface area contributed by atoms with Crippen molar-refractivity contribution in [3.63, 3.8) is 0 Å². The Morgan fingerprint density at radius 1 is 1.27 bits per heavy atom. The van der Waals surface area contributed by atoms with Crippen LogP contribution >= 0.6 is 0 Å². The van der Waals surface area contributed by atoms with Crippen LogP contribution in [-0.2, 0) is 0 Å². The van der Waals surface area contributed by atoms with E-state index in [0.29, 0.717) is 11.5 Å². The molecule has 0 aromatic carbocycles. The van der Waals surface area contributed by atoms with Crippen molar-refractivity contribution in [2.24, 2.45) is 5.41 Å². The average Bonchev–Trinajstić information content (AvgIpc) is 2.35. The predicted molar refractivity (Wildman–Crippen MR) is 65.9 cm³/mol. The van der Waals surface area contributed by atoms with E-state index in [-0.39, 0.29) is 0 Å². The van der Waals surface area contributed by atoms with Crippen LogP contribution < -0.4 is 0 Å². The van der Waals surface area contributed by atoms with E-state index in [1.165, 1.54) is 19.3 Å². The summed E-state index contributed by atoms with van der Waals surface area (Å²) in [7, 11) is 0. The van der Waals surface area contributed by atoms with E-state index in [4.69, 9.17) is 0 Å². The van der Waals surface area contributed by atoms with Gasteiger partial charge < -0.3 is 0 Å². The first-order valence-corrected chi connectivity index (χ1v) is 6.38. The lowest BCUT2D eigenvalue weighted by Gasteiger charge is -2.40. The Hall–Kier alpha value is -0.300. The molecule has 0 aromatic rings. The summed E-state index contributed by atoms with van der Waals surface area (Å²) in [5, 5.41) is 0. The first-order chi connectivity index (χ1) is 6.89. The molecule has 0 saturated carbocycles. The van der Waals surface area contributed by atoms with Crippen LogP contribution in [0.3, 0.4) is 0 Å². The van der Waals surface area contributed by atoms with Gasteiger partial charge >= 0.3 is 0 Å². The maximum atomic E-state index is 2.72. The zero-order valence-corrected chi connectivity index (χ0v) is 10.9. The summed E-state index contributed by atoms with van der Waals surface area (Å²) in [6.07, 6.45) is 6.64. The molecule has 15 heavy (non-hydrogen) atoms. The van der Waals surface area contributed by atoms with E-state index < -0.39 is 0 Å². The topological polar surface area (TPSA) is 3.24 Å². The standard InChI is InChI=1S/C14H25N/c1-10(2)15-12-6-7-13(15)9-11(8-12)14(3,4)5/h8,10,12-13H,6-7,9H2,1-5H3. The molecule has 86 valence electrons. The summed E-state index contributed by atoms with van der Waals surface area (Å²) < 4.78 is 0. The van der Waals surface area contributed by atoms with Gasteiger partial charge in [-0.05, 0) is 38.5 Å². The molecule has 1 fully saturated rings. The molecular weight excluding hydrogens is 182 g/mol. The third-order valence-electron chi connectivity index (χ3n) is 4.01. The zero-order chi connectivity index (χ0) is 11.2. The molecular formula is C14H25N. The summed E-state index contributed by atoms with van der Waals surface area (Å²) in [6.45, 7) is 11.7. The number of nitrogens with zero attached hydrogens (tertiary/aromatic N) is 1. The first kappa shape index (κ1) is 11.2. The molecule has 0 amide bonds. The van der Waals surface area contributed by atoms with Crippen LogP contribution in [0.15, 0.2) is 11.6 Å². The van der Waals surface area contributed by atoms with E-state index in [1.807, 2.05) is 0 Å². The first-order valence-electron chi connectivity index (χ1n) is 6.38. The Labute approximate surface area is 94.5 Å². The van der Waals surface area contributed by atoms with E-state index in [0.717, 1.165) is 12.1 Å². The highest BCUT2D eigenvalue weighted by Crippen LogP contribution is 2.41. The highest BCUT2D eigenvalue weighted by molar-refractivity contribution is 5.22. The van der Waals surface area contributed by atoms with Crippen LogP contribution in [0.1, 0.15) is 53.9 Å². The molecule has 0 spiro atoms. The van der Waals surface area contributed by atoms with Gasteiger partial charge in [-0.2, -0.15) is 0 Å². The summed E-state index contributed by atoms with van der Waals surface area (Å²) in [5.74, 6) is 0. The van der Waals surface area contributed by atoms with Crippen molar-refractivity contribution in [3.8, 4) is 0 Å². The second-order valence-electron chi connectivity index (χ2n) is 6.49. The largest absolute Gasteiger partial charge is 0.291 e. The van der Waals surface area contributed by atoms with Crippen LogP contribution in [0.25, 0.3) is 0 Å². The maximum Gasteiger partial charge on any atom is 0.0287 e. The smallest absolute Gasteiger partial charge is 0.0287 e. The highest BCUT2D eigenvalue weighted by atomic mass is 15.2. The van der Waals surface area contributed by atoms with Gasteiger partial charge in [0.15, 0.2) is 0 Å². The molecule has 1 heteroatoms. The molecule has 1 nitrogen and oxygen atoms in total. The van der Waals surface area contributed by atoms with Crippen molar-refractivity contribution < 1.29 is 0 Å². The van der Waals surface area contributed by atoms with E-state index in [9.17, 15) is 0 Å². The Bertz CT molecular complexity index is 270. The zero-order valence-electron chi connectivity index (χ0n) is 10.9. The fraction of sp³-hybridized carbons (Fsp3) is 0.857. The fourth-order valence-electron chi connectivity index (χ4n) is 3.22. The van der Waals surface area contributed by atoms with Crippen molar-refractivity contribution in [1.29, 1.82) is 0 Å². The van der Waals surface area contributed by atoms with E-state index >= 15 is 0 Å². The molecule has 0 N–H and O–H groups in total. The molecule has 0 aliphatic carbocycles. The van der Waals surface area contributed by atoms with Crippen LogP contribution in [-0.4, -0.2) is 23.0 Å². The molecule has 2 unspecified atom stereocenters. The summed E-state index contributed by atoms with van der Waals surface area (Å²) in [4.78, 5) is 2.72. The molecule has 0 aromatic heterocycles. The fourth-order valence-corrected chi connectivity index (χ4v) is 3.22. The van der Waals surface area contributed by atoms with Gasteiger partial charge in [0.2, 0.25) is 0 Å². The molecule has 2 aliphatic heterocycles. The molecule has 2 bridgehead atoms. The maximum absolute atomic E-state index is 2.72. The van der Waals surface area contributed by atoms with Gasteiger partial charge in [-0.3, -0.25) is 4.90 Å². The van der Waals surface area contributed by atoms with Crippen LogP contribution in [0.2, 0.25) is 0 Å². The quantitative estimate of drug-likeness (QED) is 0.594. The number of fused-ring (bicyclic) bond motifs is 2. The van der Waals surface area contributed by atoms with Gasteiger partial charge in [0.25, 0.3) is 0 Å². The van der Waals surface area contributed by atoms with E-state index in [1.54, 1.807) is 5.57 Å². The van der Waals surface area contributed by atoms with Crippen LogP contribution in [0.4, 0.5) is 0 Å². The summed E-state index contributed by atoms with van der Waals surface area (Å²) in [5.41, 5.74) is 2.07. The lowest BCUT2D eigenvalue weighted by molar-refractivity contribution is 0.152. The SMILES string of the molecule is CC(C)N1C2C=C(C(C)(C)C)CC1CC2. The minimum absolute atomic E-state index is 0.379. The number of rotatable bonds is 1. The second kappa shape index (κ2) is 3.62. The Morgan fingerprint density at radius 3 is 2.40 bits per heavy atom. The molecule has 1 saturated heterocycles. The molecule has 0 radical (unpaired) electrons. The Kier molecular flexibility index (Phi) is 2.70. The molecule has 2 atom stereocenters. The van der Waals surface area contributed by atoms with Crippen molar-refractivity contribution in [3.05, 3.63) is 11.6 Å². The van der Waals surface area contributed by atoms with Crippen LogP contribution in [0.5, 0.6) is 0 Å². The van der Waals surface area contributed by atoms with Gasteiger partial charge in [0.05, 0.1) is 0 Å². The molecule has 2 heterocycles. The summed E-state index contributed by atoms with van der Waals surface area (Å²) >= 11 is 0. The highest BCUT2D eigenvalue weighted by Gasteiger charge is 2.39. The average molecular weight is 207 g/mol. The second-order valence-corrected chi connectivity index (χ2v) is 6.49. The third-order valence-corrected chi connectivity index (χ3v) is 4.01. The minimum atomic E-state index is 0.379. The van der Waals surface area contributed by atoms with Gasteiger partial charge in [0, 0.05) is 18.1 Å². The predicted octanol–water partition coefficient (Wildman–Crippen LogP) is 3.60. The summed E-state index contributed by atoms with van der Waals surface area (Å²) in [6, 6.07) is 2.27. The normalized spacial score (nSPS) is 32.3. The van der Waals surface area contributed by atoms with Gasteiger partial charge in [-0.1, -0.05) is 32.4 Å². The van der Waals surface area contributed by atoms with Crippen molar-refractivity contribution >= 4 is 0 Å². The Balaban J connectivity index is 2.22. The third kappa shape index (κ3) is 1.99. The van der Waals surface area contributed by atoms with Gasteiger partial charge in [0.1, 0.15) is 0 Å². The Morgan fingerprint density at radius 2 is 1.93 bits per heavy atom. The number of hydrogen-bond acceptors (Lipinski definition) is 1. The number of hydrogen-bond donors (Lipinski definition) is 0. The van der Waals surface area contributed by atoms with Crippen molar-refractivity contribution in [2.45, 2.75) is 72.0 Å². The van der Waals surface area contributed by atoms with Crippen LogP contribution in [0, 0.1) is 5.41 Å². The van der Waals surface area contributed by atoms with E-state index in [2.05, 4.69) is 45.6 Å². The van der Waals surface area contributed by atoms with Gasteiger partial charge in [-0.25, -0.2) is 0 Å². The monoisotopic (exact) mass is 207 g/mol. The van der Waals surface area contributed by atoms with Crippen molar-refractivity contribution in [1.82, 2.24) is 4.90 Å². The molecule has 2 aliphatic rings. The van der Waals surface area contributed by atoms with Gasteiger partial charge in [-0.15, -0.1) is 0 Å². The minimum Gasteiger partial charge on any atom is -0.291 e.